The van der Waals surface area contributed by atoms with Crippen molar-refractivity contribution in [2.24, 2.45) is 11.7 Å². The van der Waals surface area contributed by atoms with Gasteiger partial charge in [-0.05, 0) is 31.5 Å². The summed E-state index contributed by atoms with van der Waals surface area (Å²) in [5.74, 6) is -7.17. The summed E-state index contributed by atoms with van der Waals surface area (Å²) >= 11 is 0. The van der Waals surface area contributed by atoms with Crippen LogP contribution in [0.2, 0.25) is 0 Å². The topological polar surface area (TPSA) is 128 Å². The van der Waals surface area contributed by atoms with Gasteiger partial charge < -0.3 is 20.7 Å². The summed E-state index contributed by atoms with van der Waals surface area (Å²) in [5.41, 5.74) is 4.83. The van der Waals surface area contributed by atoms with Gasteiger partial charge in [0.2, 0.25) is 5.88 Å². The summed E-state index contributed by atoms with van der Waals surface area (Å²) in [6, 6.07) is 4.50. The Morgan fingerprint density at radius 2 is 1.94 bits per heavy atom. The number of hydrogen-bond acceptors (Lipinski definition) is 6. The standard InChI is InChI=1S/C22H25F2N5O4/c1-12-10-29(21(3,11-22(12,23)24)14-6-5-13(2)26-8-14)20(32)18(31)28-15-7-16(17(25)30)19(33-4)27-9-15/h5-9,12H,10-11H2,1-4H3,(H2,25,30)(H,28,31)/t12-,21+/m1/s1. The van der Waals surface area contributed by atoms with Crippen LogP contribution in [-0.2, 0) is 15.1 Å². The molecule has 3 heterocycles. The summed E-state index contributed by atoms with van der Waals surface area (Å²) in [7, 11) is 1.30. The number of anilines is 1. The van der Waals surface area contributed by atoms with E-state index in [1.165, 1.54) is 39.4 Å². The van der Waals surface area contributed by atoms with Crippen molar-refractivity contribution >= 4 is 23.4 Å². The van der Waals surface area contributed by atoms with Crippen molar-refractivity contribution in [2.45, 2.75) is 38.7 Å². The second-order valence-corrected chi connectivity index (χ2v) is 8.32. The van der Waals surface area contributed by atoms with Crippen molar-refractivity contribution in [1.82, 2.24) is 14.9 Å². The first-order valence-electron chi connectivity index (χ1n) is 10.2. The Bertz CT molecular complexity index is 1090. The lowest BCUT2D eigenvalue weighted by Crippen LogP contribution is -2.61. The van der Waals surface area contributed by atoms with Gasteiger partial charge in [0.1, 0.15) is 5.56 Å². The van der Waals surface area contributed by atoms with Gasteiger partial charge in [-0.25, -0.2) is 13.8 Å². The number of pyridine rings is 2. The average molecular weight is 461 g/mol. The fourth-order valence-electron chi connectivity index (χ4n) is 3.86. The van der Waals surface area contributed by atoms with Crippen LogP contribution in [0, 0.1) is 12.8 Å². The van der Waals surface area contributed by atoms with Crippen LogP contribution < -0.4 is 15.8 Å². The van der Waals surface area contributed by atoms with Crippen molar-refractivity contribution < 1.29 is 27.9 Å². The van der Waals surface area contributed by atoms with Gasteiger partial charge in [-0.3, -0.25) is 19.4 Å². The van der Waals surface area contributed by atoms with Crippen LogP contribution in [0.4, 0.5) is 14.5 Å². The minimum atomic E-state index is -3.05. The molecule has 1 fully saturated rings. The number of nitrogens with two attached hydrogens (primary N) is 1. The Labute approximate surface area is 189 Å². The first-order chi connectivity index (χ1) is 15.4. The molecule has 1 aliphatic rings. The van der Waals surface area contributed by atoms with E-state index in [-0.39, 0.29) is 23.7 Å². The highest BCUT2D eigenvalue weighted by Gasteiger charge is 2.54. The molecule has 3 rings (SSSR count). The minimum absolute atomic E-state index is 0.0250. The summed E-state index contributed by atoms with van der Waals surface area (Å²) in [6.07, 6.45) is 1.96. The third kappa shape index (κ3) is 4.62. The molecule has 3 N–H and O–H groups in total. The van der Waals surface area contributed by atoms with Gasteiger partial charge in [0.15, 0.2) is 0 Å². The maximum absolute atomic E-state index is 14.7. The van der Waals surface area contributed by atoms with E-state index in [1.807, 2.05) is 0 Å². The maximum Gasteiger partial charge on any atom is 0.313 e. The number of amides is 3. The van der Waals surface area contributed by atoms with Crippen molar-refractivity contribution in [3.8, 4) is 5.88 Å². The second kappa shape index (κ2) is 8.72. The highest BCUT2D eigenvalue weighted by molar-refractivity contribution is 6.39. The van der Waals surface area contributed by atoms with E-state index < -0.39 is 41.5 Å². The van der Waals surface area contributed by atoms with E-state index in [2.05, 4.69) is 15.3 Å². The number of hydrogen-bond donors (Lipinski definition) is 2. The predicted molar refractivity (Wildman–Crippen MR) is 115 cm³/mol. The predicted octanol–water partition coefficient (Wildman–Crippen LogP) is 2.25. The lowest BCUT2D eigenvalue weighted by molar-refractivity contribution is -0.172. The van der Waals surface area contributed by atoms with E-state index >= 15 is 0 Å². The summed E-state index contributed by atoms with van der Waals surface area (Å²) in [4.78, 5) is 46.8. The van der Waals surface area contributed by atoms with Gasteiger partial charge >= 0.3 is 11.8 Å². The summed E-state index contributed by atoms with van der Waals surface area (Å²) in [6.45, 7) is 4.24. The first-order valence-corrected chi connectivity index (χ1v) is 10.2. The van der Waals surface area contributed by atoms with Gasteiger partial charge in [0.25, 0.3) is 11.8 Å². The monoisotopic (exact) mass is 461 g/mol. The molecule has 11 heteroatoms. The van der Waals surface area contributed by atoms with Gasteiger partial charge in [0, 0.05) is 30.8 Å². The molecule has 33 heavy (non-hydrogen) atoms. The molecule has 0 spiro atoms. The van der Waals surface area contributed by atoms with Crippen molar-refractivity contribution in [3.05, 3.63) is 47.4 Å². The van der Waals surface area contributed by atoms with E-state index in [0.717, 1.165) is 4.90 Å². The molecule has 1 saturated heterocycles. The SMILES string of the molecule is COc1ncc(NC(=O)C(=O)N2C[C@@H](C)C(F)(F)C[C@@]2(C)c2ccc(C)nc2)cc1C(N)=O. The number of carbonyl (C=O) groups excluding carboxylic acids is 3. The molecular weight excluding hydrogens is 436 g/mol. The van der Waals surface area contributed by atoms with Crippen molar-refractivity contribution in [1.29, 1.82) is 0 Å². The fraction of sp³-hybridized carbons (Fsp3) is 0.409. The fourth-order valence-corrected chi connectivity index (χ4v) is 3.86. The van der Waals surface area contributed by atoms with E-state index in [9.17, 15) is 23.2 Å². The number of nitrogens with zero attached hydrogens (tertiary/aromatic N) is 3. The normalized spacial score (nSPS) is 21.9. The molecule has 0 aromatic carbocycles. The van der Waals surface area contributed by atoms with Crippen LogP contribution in [0.25, 0.3) is 0 Å². The lowest BCUT2D eigenvalue weighted by atomic mass is 9.77. The molecule has 2 aromatic heterocycles. The third-order valence-electron chi connectivity index (χ3n) is 5.89. The van der Waals surface area contributed by atoms with Crippen LogP contribution in [0.15, 0.2) is 30.6 Å². The number of nitrogens with one attached hydrogen (secondary N) is 1. The van der Waals surface area contributed by atoms with Crippen LogP contribution in [-0.4, -0.2) is 52.2 Å². The third-order valence-corrected chi connectivity index (χ3v) is 5.89. The molecule has 0 aliphatic carbocycles. The number of alkyl halides is 2. The highest BCUT2D eigenvalue weighted by Crippen LogP contribution is 2.46. The van der Waals surface area contributed by atoms with E-state index in [0.29, 0.717) is 11.3 Å². The first kappa shape index (κ1) is 24.0. The Kier molecular flexibility index (Phi) is 6.35. The number of aryl methyl sites for hydroxylation is 1. The van der Waals surface area contributed by atoms with Gasteiger partial charge in [0.05, 0.1) is 24.5 Å². The molecule has 9 nitrogen and oxygen atoms in total. The Morgan fingerprint density at radius 1 is 1.24 bits per heavy atom. The molecule has 176 valence electrons. The van der Waals surface area contributed by atoms with Gasteiger partial charge in [-0.15, -0.1) is 0 Å². The molecule has 2 atom stereocenters. The maximum atomic E-state index is 14.7. The number of primary amides is 1. The smallest absolute Gasteiger partial charge is 0.313 e. The number of aromatic nitrogens is 2. The number of halogens is 2. The number of carbonyl (C=O) groups is 3. The molecule has 0 saturated carbocycles. The summed E-state index contributed by atoms with van der Waals surface area (Å²) < 4.78 is 34.4. The zero-order chi connectivity index (χ0) is 24.6. The number of likely N-dealkylation sites (tertiary alicyclic amines) is 1. The molecule has 0 radical (unpaired) electrons. The molecule has 2 aromatic rings. The van der Waals surface area contributed by atoms with Crippen LogP contribution >= 0.6 is 0 Å². The van der Waals surface area contributed by atoms with Crippen molar-refractivity contribution in [2.75, 3.05) is 19.0 Å². The van der Waals surface area contributed by atoms with Crippen LogP contribution in [0.1, 0.15) is 41.9 Å². The molecule has 0 bridgehead atoms. The van der Waals surface area contributed by atoms with Crippen LogP contribution in [0.5, 0.6) is 5.88 Å². The quantitative estimate of drug-likeness (QED) is 0.673. The van der Waals surface area contributed by atoms with Gasteiger partial charge in [-0.2, -0.15) is 0 Å². The number of rotatable bonds is 4. The largest absolute Gasteiger partial charge is 0.480 e. The van der Waals surface area contributed by atoms with Crippen LogP contribution in [0.3, 0.4) is 0 Å². The Hall–Kier alpha value is -3.63. The minimum Gasteiger partial charge on any atom is -0.480 e. The van der Waals surface area contributed by atoms with Crippen molar-refractivity contribution in [3.63, 3.8) is 0 Å². The molecule has 1 aliphatic heterocycles. The molecule has 0 unspecified atom stereocenters. The van der Waals surface area contributed by atoms with E-state index in [1.54, 1.807) is 19.1 Å². The zero-order valence-corrected chi connectivity index (χ0v) is 18.7. The Balaban J connectivity index is 1.92. The summed E-state index contributed by atoms with van der Waals surface area (Å²) in [5, 5.41) is 2.36. The highest BCUT2D eigenvalue weighted by atomic mass is 19.3. The number of ether oxygens (including phenoxy) is 1. The lowest BCUT2D eigenvalue weighted by Gasteiger charge is -2.49. The molecule has 3 amide bonds. The molecular formula is C22H25F2N5O4. The zero-order valence-electron chi connectivity index (χ0n) is 18.7. The average Bonchev–Trinajstić information content (AvgIpc) is 2.75. The Morgan fingerprint density at radius 3 is 2.52 bits per heavy atom. The number of methoxy groups -OCH3 is 1. The van der Waals surface area contributed by atoms with E-state index in [4.69, 9.17) is 10.5 Å². The number of piperidine rings is 1. The second-order valence-electron chi connectivity index (χ2n) is 8.32. The van der Waals surface area contributed by atoms with Gasteiger partial charge in [-0.1, -0.05) is 13.0 Å².